The molecule has 0 aliphatic carbocycles. The van der Waals surface area contributed by atoms with E-state index in [0.29, 0.717) is 5.88 Å². The van der Waals surface area contributed by atoms with Crippen molar-refractivity contribution in [3.63, 3.8) is 0 Å². The predicted octanol–water partition coefficient (Wildman–Crippen LogP) is 3.88. The molecule has 0 heterocycles. The zero-order valence-electron chi connectivity index (χ0n) is 8.96. The van der Waals surface area contributed by atoms with Crippen LogP contribution in [0.5, 0.6) is 0 Å². The van der Waals surface area contributed by atoms with Gasteiger partial charge in [0, 0.05) is 35.6 Å². The molecule has 1 aromatic carbocycles. The molecule has 1 nitrogen and oxygen atoms in total. The monoisotopic (exact) mass is 263 g/mol. The smallest absolute Gasteiger partial charge is 0.0509 e. The highest BCUT2D eigenvalue weighted by molar-refractivity contribution is 7.98. The van der Waals surface area contributed by atoms with Crippen LogP contribution in [0, 0.1) is 0 Å². The second-order valence-electron chi connectivity index (χ2n) is 3.29. The standard InChI is InChI=1S/C11H15Cl2NS/c1-14(6-7-15-2)11-5-3-4-10(13)9(11)8-12/h3-5H,6-8H2,1-2H3. The van der Waals surface area contributed by atoms with Crippen molar-refractivity contribution in [3.05, 3.63) is 28.8 Å². The predicted molar refractivity (Wildman–Crippen MR) is 72.7 cm³/mol. The number of benzene rings is 1. The Morgan fingerprint density at radius 1 is 1.40 bits per heavy atom. The molecule has 0 spiro atoms. The van der Waals surface area contributed by atoms with Gasteiger partial charge < -0.3 is 4.90 Å². The van der Waals surface area contributed by atoms with Crippen molar-refractivity contribution in [1.29, 1.82) is 0 Å². The molecule has 0 saturated heterocycles. The van der Waals surface area contributed by atoms with Crippen molar-refractivity contribution >= 4 is 40.7 Å². The normalized spacial score (nSPS) is 10.4. The van der Waals surface area contributed by atoms with Gasteiger partial charge >= 0.3 is 0 Å². The van der Waals surface area contributed by atoms with Crippen LogP contribution in [0.1, 0.15) is 5.56 Å². The third-order valence-corrected chi connectivity index (χ3v) is 3.48. The highest BCUT2D eigenvalue weighted by Crippen LogP contribution is 2.28. The quantitative estimate of drug-likeness (QED) is 0.742. The van der Waals surface area contributed by atoms with Crippen molar-refractivity contribution < 1.29 is 0 Å². The summed E-state index contributed by atoms with van der Waals surface area (Å²) in [5.74, 6) is 1.56. The molecule has 1 aromatic rings. The molecule has 0 unspecified atom stereocenters. The van der Waals surface area contributed by atoms with Gasteiger partial charge in [-0.05, 0) is 18.4 Å². The van der Waals surface area contributed by atoms with Crippen molar-refractivity contribution in [2.45, 2.75) is 5.88 Å². The van der Waals surface area contributed by atoms with Crippen molar-refractivity contribution in [2.24, 2.45) is 0 Å². The van der Waals surface area contributed by atoms with Gasteiger partial charge in [-0.3, -0.25) is 0 Å². The first-order valence-electron chi connectivity index (χ1n) is 4.74. The third-order valence-electron chi connectivity index (χ3n) is 2.27. The fourth-order valence-electron chi connectivity index (χ4n) is 1.39. The van der Waals surface area contributed by atoms with Crippen molar-refractivity contribution in [2.75, 3.05) is 30.5 Å². The first kappa shape index (κ1) is 13.0. The highest BCUT2D eigenvalue weighted by atomic mass is 35.5. The van der Waals surface area contributed by atoms with Crippen LogP contribution in [0.3, 0.4) is 0 Å². The molecule has 0 N–H and O–H groups in total. The lowest BCUT2D eigenvalue weighted by Gasteiger charge is -2.22. The molecule has 15 heavy (non-hydrogen) atoms. The minimum Gasteiger partial charge on any atom is -0.373 e. The molecule has 0 aliphatic heterocycles. The van der Waals surface area contributed by atoms with E-state index in [1.165, 1.54) is 0 Å². The maximum atomic E-state index is 6.09. The SMILES string of the molecule is CSCCN(C)c1cccc(Cl)c1CCl. The topological polar surface area (TPSA) is 3.24 Å². The summed E-state index contributed by atoms with van der Waals surface area (Å²) in [7, 11) is 2.07. The Labute approximate surface area is 106 Å². The fraction of sp³-hybridized carbons (Fsp3) is 0.455. The van der Waals surface area contributed by atoms with E-state index in [9.17, 15) is 0 Å². The Kier molecular flexibility index (Phi) is 5.65. The largest absolute Gasteiger partial charge is 0.373 e. The number of alkyl halides is 1. The minimum atomic E-state index is 0.457. The summed E-state index contributed by atoms with van der Waals surface area (Å²) >= 11 is 13.8. The number of anilines is 1. The van der Waals surface area contributed by atoms with E-state index in [4.69, 9.17) is 23.2 Å². The van der Waals surface area contributed by atoms with Gasteiger partial charge in [0.15, 0.2) is 0 Å². The van der Waals surface area contributed by atoms with Crippen LogP contribution < -0.4 is 4.90 Å². The summed E-state index contributed by atoms with van der Waals surface area (Å²) in [6, 6.07) is 5.90. The van der Waals surface area contributed by atoms with Crippen LogP contribution in [-0.2, 0) is 5.88 Å². The number of nitrogens with zero attached hydrogens (tertiary/aromatic N) is 1. The van der Waals surface area contributed by atoms with Crippen LogP contribution in [0.2, 0.25) is 5.02 Å². The molecule has 0 atom stereocenters. The zero-order valence-corrected chi connectivity index (χ0v) is 11.3. The Morgan fingerprint density at radius 3 is 2.73 bits per heavy atom. The van der Waals surface area contributed by atoms with Gasteiger partial charge in [0.25, 0.3) is 0 Å². The molecule has 0 bridgehead atoms. The first-order chi connectivity index (χ1) is 7.20. The Balaban J connectivity index is 2.87. The molecular weight excluding hydrogens is 249 g/mol. The highest BCUT2D eigenvalue weighted by Gasteiger charge is 2.09. The minimum absolute atomic E-state index is 0.457. The lowest BCUT2D eigenvalue weighted by molar-refractivity contribution is 0.969. The van der Waals surface area contributed by atoms with Gasteiger partial charge in [0.1, 0.15) is 0 Å². The van der Waals surface area contributed by atoms with Crippen LogP contribution in [0.4, 0.5) is 5.69 Å². The average Bonchev–Trinajstić information content (AvgIpc) is 2.25. The lowest BCUT2D eigenvalue weighted by Crippen LogP contribution is -2.21. The van der Waals surface area contributed by atoms with Gasteiger partial charge in [-0.2, -0.15) is 11.8 Å². The van der Waals surface area contributed by atoms with Gasteiger partial charge in [0.2, 0.25) is 0 Å². The Morgan fingerprint density at radius 2 is 2.13 bits per heavy atom. The van der Waals surface area contributed by atoms with Crippen molar-refractivity contribution in [3.8, 4) is 0 Å². The number of rotatable bonds is 5. The second kappa shape index (κ2) is 6.51. The van der Waals surface area contributed by atoms with Crippen LogP contribution in [0.25, 0.3) is 0 Å². The van der Waals surface area contributed by atoms with E-state index < -0.39 is 0 Å². The van der Waals surface area contributed by atoms with Gasteiger partial charge in [-0.15, -0.1) is 11.6 Å². The molecule has 4 heteroatoms. The van der Waals surface area contributed by atoms with E-state index in [1.54, 1.807) is 0 Å². The molecule has 0 radical (unpaired) electrons. The van der Waals surface area contributed by atoms with Gasteiger partial charge in [0.05, 0.1) is 5.88 Å². The van der Waals surface area contributed by atoms with Crippen molar-refractivity contribution in [1.82, 2.24) is 0 Å². The maximum Gasteiger partial charge on any atom is 0.0509 e. The van der Waals surface area contributed by atoms with Gasteiger partial charge in [-0.1, -0.05) is 17.7 Å². The Hall–Kier alpha value is -0.0500. The van der Waals surface area contributed by atoms with Crippen LogP contribution in [-0.4, -0.2) is 25.6 Å². The summed E-state index contributed by atoms with van der Waals surface area (Å²) in [5, 5.41) is 0.749. The summed E-state index contributed by atoms with van der Waals surface area (Å²) in [4.78, 5) is 2.19. The maximum absolute atomic E-state index is 6.09. The number of hydrogen-bond donors (Lipinski definition) is 0. The number of hydrogen-bond acceptors (Lipinski definition) is 2. The first-order valence-corrected chi connectivity index (χ1v) is 7.04. The van der Waals surface area contributed by atoms with E-state index >= 15 is 0 Å². The third kappa shape index (κ3) is 3.47. The summed E-state index contributed by atoms with van der Waals surface area (Å²) < 4.78 is 0. The number of thioether (sulfide) groups is 1. The molecule has 0 saturated carbocycles. The lowest BCUT2D eigenvalue weighted by atomic mass is 10.2. The Bertz CT molecular complexity index is 317. The average molecular weight is 264 g/mol. The summed E-state index contributed by atoms with van der Waals surface area (Å²) in [5.41, 5.74) is 2.15. The second-order valence-corrected chi connectivity index (χ2v) is 4.95. The fourth-order valence-corrected chi connectivity index (χ4v) is 2.43. The summed E-state index contributed by atoms with van der Waals surface area (Å²) in [6.45, 7) is 1.01. The molecule has 84 valence electrons. The number of halogens is 2. The van der Waals surface area contributed by atoms with E-state index in [-0.39, 0.29) is 0 Å². The van der Waals surface area contributed by atoms with E-state index in [1.807, 2.05) is 23.9 Å². The molecule has 0 aliphatic rings. The molecule has 0 amide bonds. The van der Waals surface area contributed by atoms with Gasteiger partial charge in [-0.25, -0.2) is 0 Å². The molecule has 0 fully saturated rings. The zero-order chi connectivity index (χ0) is 11.3. The summed E-state index contributed by atoms with van der Waals surface area (Å²) in [6.07, 6.45) is 2.11. The molecule has 0 aromatic heterocycles. The molecule has 1 rings (SSSR count). The van der Waals surface area contributed by atoms with Crippen LogP contribution in [0.15, 0.2) is 18.2 Å². The van der Waals surface area contributed by atoms with Crippen LogP contribution >= 0.6 is 35.0 Å². The molecular formula is C11H15Cl2NS. The van der Waals surface area contributed by atoms with E-state index in [0.717, 1.165) is 28.6 Å². The van der Waals surface area contributed by atoms with E-state index in [2.05, 4.69) is 24.3 Å².